The first-order valence-electron chi connectivity index (χ1n) is 9.71. The molecule has 0 aliphatic carbocycles. The highest BCUT2D eigenvalue weighted by atomic mass is 35.5. The van der Waals surface area contributed by atoms with E-state index in [2.05, 4.69) is 21.2 Å². The number of methoxy groups -OCH3 is 1. The molecule has 0 atom stereocenters. The molecule has 8 heteroatoms. The lowest BCUT2D eigenvalue weighted by atomic mass is 10.0. The van der Waals surface area contributed by atoms with Gasteiger partial charge in [-0.2, -0.15) is 0 Å². The molecule has 3 amide bonds. The molecule has 0 saturated heterocycles. The number of ether oxygens (including phenoxy) is 1. The fourth-order valence-electron chi connectivity index (χ4n) is 3.27. The van der Waals surface area contributed by atoms with Crippen LogP contribution in [-0.2, 0) is 0 Å². The maximum atomic E-state index is 13.0. The Labute approximate surface area is 189 Å². The number of nitrogens with zero attached hydrogens (tertiary/aromatic N) is 1. The smallest absolute Gasteiger partial charge is 0.337 e. The highest BCUT2D eigenvalue weighted by Crippen LogP contribution is 2.31. The van der Waals surface area contributed by atoms with Crippen molar-refractivity contribution < 1.29 is 14.3 Å². The van der Waals surface area contributed by atoms with Gasteiger partial charge >= 0.3 is 6.03 Å². The predicted molar refractivity (Wildman–Crippen MR) is 125 cm³/mol. The van der Waals surface area contributed by atoms with E-state index < -0.39 is 11.9 Å². The number of rotatable bonds is 4. The van der Waals surface area contributed by atoms with Crippen molar-refractivity contribution in [2.24, 2.45) is 0 Å². The SMILES string of the molecule is COc1ccccc1-c1cc(C(=O)NNC(=O)Nc2cccc(Cl)c2)c2ccccc2n1. The number of hydrogen-bond acceptors (Lipinski definition) is 4. The molecule has 3 N–H and O–H groups in total. The summed E-state index contributed by atoms with van der Waals surface area (Å²) in [4.78, 5) is 29.8. The summed E-state index contributed by atoms with van der Waals surface area (Å²) in [5.41, 5.74) is 7.63. The summed E-state index contributed by atoms with van der Waals surface area (Å²) in [6, 6.07) is 22.5. The van der Waals surface area contributed by atoms with E-state index in [9.17, 15) is 9.59 Å². The molecule has 4 aromatic rings. The van der Waals surface area contributed by atoms with Crippen LogP contribution in [0.15, 0.2) is 78.9 Å². The normalized spacial score (nSPS) is 10.4. The van der Waals surface area contributed by atoms with Crippen molar-refractivity contribution in [3.8, 4) is 17.0 Å². The minimum atomic E-state index is -0.607. The van der Waals surface area contributed by atoms with Crippen LogP contribution in [0.2, 0.25) is 5.02 Å². The number of carbonyl (C=O) groups is 2. The van der Waals surface area contributed by atoms with Gasteiger partial charge in [0.1, 0.15) is 5.75 Å². The standard InChI is InChI=1S/C24H19ClN4O3/c1-32-22-12-5-3-10-18(22)21-14-19(17-9-2-4-11-20(17)27-21)23(30)28-29-24(31)26-16-8-6-7-15(25)13-16/h2-14H,1H3,(H,28,30)(H2,26,29,31). The van der Waals surface area contributed by atoms with E-state index in [0.29, 0.717) is 38.6 Å². The van der Waals surface area contributed by atoms with E-state index in [0.717, 1.165) is 5.56 Å². The van der Waals surface area contributed by atoms with Crippen molar-refractivity contribution in [2.45, 2.75) is 0 Å². The molecule has 0 unspecified atom stereocenters. The van der Waals surface area contributed by atoms with Gasteiger partial charge in [-0.1, -0.05) is 48.0 Å². The number of carbonyl (C=O) groups excluding carboxylic acids is 2. The first kappa shape index (κ1) is 21.1. The molecule has 1 heterocycles. The number of hydrogen-bond donors (Lipinski definition) is 3. The van der Waals surface area contributed by atoms with Gasteiger partial charge in [-0.25, -0.2) is 15.2 Å². The zero-order valence-corrected chi connectivity index (χ0v) is 17.8. The quantitative estimate of drug-likeness (QED) is 0.383. The van der Waals surface area contributed by atoms with Crippen molar-refractivity contribution in [2.75, 3.05) is 12.4 Å². The largest absolute Gasteiger partial charge is 0.496 e. The minimum Gasteiger partial charge on any atom is -0.496 e. The third-order valence-electron chi connectivity index (χ3n) is 4.72. The average molecular weight is 447 g/mol. The van der Waals surface area contributed by atoms with Crippen LogP contribution in [0.3, 0.4) is 0 Å². The van der Waals surface area contributed by atoms with Crippen molar-refractivity contribution in [3.63, 3.8) is 0 Å². The number of benzene rings is 3. The molecular formula is C24H19ClN4O3. The van der Waals surface area contributed by atoms with Crippen LogP contribution in [0.1, 0.15) is 10.4 Å². The fourth-order valence-corrected chi connectivity index (χ4v) is 3.46. The Morgan fingerprint density at radius 3 is 2.50 bits per heavy atom. The van der Waals surface area contributed by atoms with Gasteiger partial charge in [0.15, 0.2) is 0 Å². The maximum absolute atomic E-state index is 13.0. The Morgan fingerprint density at radius 2 is 1.69 bits per heavy atom. The summed E-state index contributed by atoms with van der Waals surface area (Å²) in [7, 11) is 1.58. The van der Waals surface area contributed by atoms with Crippen molar-refractivity contribution in [1.29, 1.82) is 0 Å². The molecule has 0 saturated carbocycles. The van der Waals surface area contributed by atoms with Crippen LogP contribution in [0.25, 0.3) is 22.2 Å². The van der Waals surface area contributed by atoms with Gasteiger partial charge in [0.05, 0.1) is 23.9 Å². The summed E-state index contributed by atoms with van der Waals surface area (Å²) in [6.07, 6.45) is 0. The minimum absolute atomic E-state index is 0.361. The van der Waals surface area contributed by atoms with Crippen LogP contribution in [0, 0.1) is 0 Å². The average Bonchev–Trinajstić information content (AvgIpc) is 2.81. The number of para-hydroxylation sites is 2. The maximum Gasteiger partial charge on any atom is 0.337 e. The number of fused-ring (bicyclic) bond motifs is 1. The van der Waals surface area contributed by atoms with E-state index in [1.807, 2.05) is 42.5 Å². The van der Waals surface area contributed by atoms with Gasteiger partial charge in [-0.05, 0) is 42.5 Å². The number of pyridine rings is 1. The van der Waals surface area contributed by atoms with Gasteiger partial charge in [0.2, 0.25) is 0 Å². The number of hydrazine groups is 1. The van der Waals surface area contributed by atoms with Crippen molar-refractivity contribution in [3.05, 3.63) is 89.4 Å². The summed E-state index contributed by atoms with van der Waals surface area (Å²) in [5, 5.41) is 3.74. The topological polar surface area (TPSA) is 92.4 Å². The van der Waals surface area contributed by atoms with E-state index in [1.165, 1.54) is 0 Å². The second-order valence-electron chi connectivity index (χ2n) is 6.82. The Morgan fingerprint density at radius 1 is 0.906 bits per heavy atom. The summed E-state index contributed by atoms with van der Waals surface area (Å²) >= 11 is 5.92. The molecule has 0 aliphatic heterocycles. The van der Waals surface area contributed by atoms with Crippen molar-refractivity contribution in [1.82, 2.24) is 15.8 Å². The highest BCUT2D eigenvalue weighted by molar-refractivity contribution is 6.30. The molecule has 0 spiro atoms. The monoisotopic (exact) mass is 446 g/mol. The Kier molecular flexibility index (Phi) is 6.19. The molecule has 0 bridgehead atoms. The van der Waals surface area contributed by atoms with E-state index in [-0.39, 0.29) is 0 Å². The number of aromatic nitrogens is 1. The molecule has 0 fully saturated rings. The Bertz CT molecular complexity index is 1310. The predicted octanol–water partition coefficient (Wildman–Crippen LogP) is 5.03. The van der Waals surface area contributed by atoms with Gasteiger partial charge in [0.25, 0.3) is 5.91 Å². The summed E-state index contributed by atoms with van der Waals surface area (Å²) in [5.74, 6) is 0.154. The van der Waals surface area contributed by atoms with Crippen LogP contribution in [0.4, 0.5) is 10.5 Å². The third-order valence-corrected chi connectivity index (χ3v) is 4.95. The number of nitrogens with one attached hydrogen (secondary N) is 3. The lowest BCUT2D eigenvalue weighted by Gasteiger charge is -2.13. The van der Waals surface area contributed by atoms with Crippen molar-refractivity contribution >= 4 is 40.1 Å². The summed E-state index contributed by atoms with van der Waals surface area (Å²) < 4.78 is 5.44. The highest BCUT2D eigenvalue weighted by Gasteiger charge is 2.16. The third kappa shape index (κ3) is 4.63. The number of urea groups is 1. The van der Waals surface area contributed by atoms with Crippen LogP contribution < -0.4 is 20.9 Å². The molecule has 32 heavy (non-hydrogen) atoms. The molecule has 7 nitrogen and oxygen atoms in total. The molecule has 4 rings (SSSR count). The second-order valence-corrected chi connectivity index (χ2v) is 7.25. The molecule has 160 valence electrons. The molecule has 0 radical (unpaired) electrons. The van der Waals surface area contributed by atoms with Gasteiger partial charge in [0, 0.05) is 21.7 Å². The summed E-state index contributed by atoms with van der Waals surface area (Å²) in [6.45, 7) is 0. The number of anilines is 1. The zero-order chi connectivity index (χ0) is 22.5. The van der Waals surface area contributed by atoms with Crippen LogP contribution in [0.5, 0.6) is 5.75 Å². The van der Waals surface area contributed by atoms with Crippen LogP contribution >= 0.6 is 11.6 Å². The molecule has 3 aromatic carbocycles. The molecular weight excluding hydrogens is 428 g/mol. The Hall–Kier alpha value is -4.10. The molecule has 1 aromatic heterocycles. The lowest BCUT2D eigenvalue weighted by Crippen LogP contribution is -2.44. The first-order valence-corrected chi connectivity index (χ1v) is 10.1. The second kappa shape index (κ2) is 9.36. The fraction of sp³-hybridized carbons (Fsp3) is 0.0417. The first-order chi connectivity index (χ1) is 15.5. The zero-order valence-electron chi connectivity index (χ0n) is 17.1. The number of amides is 3. The van der Waals surface area contributed by atoms with Gasteiger partial charge < -0.3 is 10.1 Å². The van der Waals surface area contributed by atoms with Gasteiger partial charge in [-0.15, -0.1) is 0 Å². The number of halogens is 1. The lowest BCUT2D eigenvalue weighted by molar-refractivity contribution is 0.0939. The van der Waals surface area contributed by atoms with E-state index in [1.54, 1.807) is 43.5 Å². The van der Waals surface area contributed by atoms with Gasteiger partial charge in [-0.3, -0.25) is 10.2 Å². The van der Waals surface area contributed by atoms with Crippen LogP contribution in [-0.4, -0.2) is 24.0 Å². The Balaban J connectivity index is 1.60. The molecule has 0 aliphatic rings. The van der Waals surface area contributed by atoms with E-state index in [4.69, 9.17) is 16.3 Å². The van der Waals surface area contributed by atoms with E-state index >= 15 is 0 Å².